The van der Waals surface area contributed by atoms with E-state index >= 15 is 0 Å². The first-order valence-corrected chi connectivity index (χ1v) is 28.3. The first kappa shape index (κ1) is 63.1. The molecule has 382 valence electrons. The van der Waals surface area contributed by atoms with E-state index in [1.54, 1.807) is 0 Å². The molecule has 0 saturated heterocycles. The molecule has 0 amide bonds. The van der Waals surface area contributed by atoms with E-state index in [4.69, 9.17) is 14.2 Å². The molecule has 0 aliphatic heterocycles. The summed E-state index contributed by atoms with van der Waals surface area (Å²) in [6.45, 7) is 6.51. The minimum Gasteiger partial charge on any atom is -0.462 e. The summed E-state index contributed by atoms with van der Waals surface area (Å²) in [6.07, 6.45) is 67.8. The lowest BCUT2D eigenvalue weighted by Crippen LogP contribution is -2.30. The highest BCUT2D eigenvalue weighted by Gasteiger charge is 2.19. The van der Waals surface area contributed by atoms with Gasteiger partial charge in [0, 0.05) is 19.3 Å². The van der Waals surface area contributed by atoms with Crippen molar-refractivity contribution >= 4 is 17.9 Å². The fraction of sp³-hybridized carbons (Fsp3) is 0.783. The fourth-order valence-electron chi connectivity index (χ4n) is 7.98. The molecule has 0 spiro atoms. The molecule has 0 saturated carbocycles. The van der Waals surface area contributed by atoms with Gasteiger partial charge in [0.1, 0.15) is 13.2 Å². The van der Waals surface area contributed by atoms with Crippen LogP contribution in [0.3, 0.4) is 0 Å². The molecule has 0 N–H and O–H groups in total. The molecule has 0 aliphatic carbocycles. The molecule has 0 bridgehead atoms. The van der Waals surface area contributed by atoms with E-state index in [-0.39, 0.29) is 31.1 Å². The predicted molar refractivity (Wildman–Crippen MR) is 284 cm³/mol. The standard InChI is InChI=1S/C60H106O6/c1-4-7-10-13-16-19-22-25-27-29-31-32-35-38-41-44-47-50-53-59(62)65-56-57(55-64-58(61)52-49-46-43-40-37-34-24-21-18-15-12-9-6-3)66-60(63)54-51-48-45-42-39-36-33-30-28-26-23-20-17-14-11-8-5-2/h8,11,17,20-21,24,26-29,57H,4-7,9-10,12-16,18-19,22-23,25,30-56H2,1-3H3/b11-8-,20-17-,24-21-,28-26-,29-27-. The van der Waals surface area contributed by atoms with Crippen LogP contribution in [-0.4, -0.2) is 37.2 Å². The Kier molecular flexibility index (Phi) is 52.3. The molecule has 6 heteroatoms. The van der Waals surface area contributed by atoms with Crippen LogP contribution in [0.1, 0.15) is 284 Å². The van der Waals surface area contributed by atoms with Crippen LogP contribution in [0.25, 0.3) is 0 Å². The summed E-state index contributed by atoms with van der Waals surface area (Å²) in [5, 5.41) is 0. The molecule has 0 aromatic heterocycles. The van der Waals surface area contributed by atoms with E-state index in [2.05, 4.69) is 81.5 Å². The topological polar surface area (TPSA) is 78.9 Å². The van der Waals surface area contributed by atoms with Gasteiger partial charge in [-0.2, -0.15) is 0 Å². The minimum absolute atomic E-state index is 0.0823. The average Bonchev–Trinajstić information content (AvgIpc) is 3.31. The maximum Gasteiger partial charge on any atom is 0.306 e. The predicted octanol–water partition coefficient (Wildman–Crippen LogP) is 18.8. The van der Waals surface area contributed by atoms with Gasteiger partial charge >= 0.3 is 17.9 Å². The molecule has 0 rings (SSSR count). The Bertz CT molecular complexity index is 1200. The zero-order valence-electron chi connectivity index (χ0n) is 43.7. The Morgan fingerprint density at radius 3 is 0.955 bits per heavy atom. The number of ether oxygens (including phenoxy) is 3. The number of hydrogen-bond acceptors (Lipinski definition) is 6. The summed E-state index contributed by atoms with van der Waals surface area (Å²) in [6, 6.07) is 0. The second kappa shape index (κ2) is 54.7. The number of esters is 3. The van der Waals surface area contributed by atoms with E-state index in [0.717, 1.165) is 89.9 Å². The van der Waals surface area contributed by atoms with Crippen LogP contribution >= 0.6 is 0 Å². The zero-order chi connectivity index (χ0) is 47.9. The van der Waals surface area contributed by atoms with E-state index < -0.39 is 6.10 Å². The van der Waals surface area contributed by atoms with Gasteiger partial charge in [0.15, 0.2) is 6.10 Å². The molecule has 0 radical (unpaired) electrons. The second-order valence-corrected chi connectivity index (χ2v) is 18.8. The normalized spacial score (nSPS) is 12.5. The van der Waals surface area contributed by atoms with E-state index in [0.29, 0.717) is 19.3 Å². The lowest BCUT2D eigenvalue weighted by Gasteiger charge is -2.18. The fourth-order valence-corrected chi connectivity index (χ4v) is 7.98. The third-order valence-electron chi connectivity index (χ3n) is 12.2. The summed E-state index contributed by atoms with van der Waals surface area (Å²) >= 11 is 0. The number of allylic oxidation sites excluding steroid dienone is 10. The minimum atomic E-state index is -0.784. The lowest BCUT2D eigenvalue weighted by molar-refractivity contribution is -0.167. The number of unbranched alkanes of at least 4 members (excludes halogenated alkanes) is 30. The Balaban J connectivity index is 4.38. The van der Waals surface area contributed by atoms with Crippen molar-refractivity contribution < 1.29 is 28.6 Å². The largest absolute Gasteiger partial charge is 0.462 e. The molecule has 0 aromatic rings. The van der Waals surface area contributed by atoms with Crippen LogP contribution in [0.5, 0.6) is 0 Å². The van der Waals surface area contributed by atoms with Gasteiger partial charge in [0.2, 0.25) is 0 Å². The summed E-state index contributed by atoms with van der Waals surface area (Å²) in [5.41, 5.74) is 0. The van der Waals surface area contributed by atoms with Crippen LogP contribution in [0.2, 0.25) is 0 Å². The molecule has 1 unspecified atom stereocenters. The number of carbonyl (C=O) groups is 3. The van der Waals surface area contributed by atoms with Crippen molar-refractivity contribution in [3.63, 3.8) is 0 Å². The number of rotatable bonds is 51. The molecular weight excluding hydrogens is 817 g/mol. The van der Waals surface area contributed by atoms with Gasteiger partial charge in [-0.25, -0.2) is 0 Å². The van der Waals surface area contributed by atoms with Gasteiger partial charge < -0.3 is 14.2 Å². The highest BCUT2D eigenvalue weighted by atomic mass is 16.6. The van der Waals surface area contributed by atoms with Crippen molar-refractivity contribution in [2.45, 2.75) is 290 Å². The quantitative estimate of drug-likeness (QED) is 0.0262. The van der Waals surface area contributed by atoms with Gasteiger partial charge in [-0.3, -0.25) is 14.4 Å². The SMILES string of the molecule is CC/C=C\C/C=C\C/C=C\CCCCCCCCCC(=O)OC(COC(=O)CCCCCCC/C=C\CCCCCC)COC(=O)CCCCCCCCC/C=C\CCCCCCCCC. The molecular formula is C60H106O6. The number of carbonyl (C=O) groups excluding carboxylic acids is 3. The van der Waals surface area contributed by atoms with Crippen molar-refractivity contribution in [2.75, 3.05) is 13.2 Å². The summed E-state index contributed by atoms with van der Waals surface area (Å²) in [5.74, 6) is -0.896. The smallest absolute Gasteiger partial charge is 0.306 e. The van der Waals surface area contributed by atoms with Gasteiger partial charge in [-0.15, -0.1) is 0 Å². The first-order valence-electron chi connectivity index (χ1n) is 28.3. The zero-order valence-corrected chi connectivity index (χ0v) is 43.7. The first-order chi connectivity index (χ1) is 32.5. The highest BCUT2D eigenvalue weighted by molar-refractivity contribution is 5.71. The van der Waals surface area contributed by atoms with Crippen LogP contribution < -0.4 is 0 Å². The molecule has 1 atom stereocenters. The monoisotopic (exact) mass is 923 g/mol. The Morgan fingerprint density at radius 2 is 0.591 bits per heavy atom. The average molecular weight is 924 g/mol. The molecule has 0 heterocycles. The third kappa shape index (κ3) is 52.1. The third-order valence-corrected chi connectivity index (χ3v) is 12.2. The van der Waals surface area contributed by atoms with E-state index in [9.17, 15) is 14.4 Å². The lowest BCUT2D eigenvalue weighted by atomic mass is 10.1. The molecule has 0 fully saturated rings. The van der Waals surface area contributed by atoms with Gasteiger partial charge in [-0.05, 0) is 103 Å². The van der Waals surface area contributed by atoms with Crippen LogP contribution in [0.4, 0.5) is 0 Å². The molecule has 66 heavy (non-hydrogen) atoms. The number of hydrogen-bond donors (Lipinski definition) is 0. The molecule has 0 aliphatic rings. The van der Waals surface area contributed by atoms with Crippen LogP contribution in [-0.2, 0) is 28.6 Å². The van der Waals surface area contributed by atoms with Gasteiger partial charge in [0.25, 0.3) is 0 Å². The van der Waals surface area contributed by atoms with Crippen LogP contribution in [0, 0.1) is 0 Å². The molecule has 0 aromatic carbocycles. The maximum atomic E-state index is 12.8. The summed E-state index contributed by atoms with van der Waals surface area (Å²) < 4.78 is 16.8. The van der Waals surface area contributed by atoms with E-state index in [1.807, 2.05) is 0 Å². The summed E-state index contributed by atoms with van der Waals surface area (Å²) in [4.78, 5) is 38.1. The van der Waals surface area contributed by atoms with E-state index in [1.165, 1.54) is 154 Å². The van der Waals surface area contributed by atoms with Crippen molar-refractivity contribution in [2.24, 2.45) is 0 Å². The van der Waals surface area contributed by atoms with Crippen molar-refractivity contribution in [3.05, 3.63) is 60.8 Å². The maximum absolute atomic E-state index is 12.8. The van der Waals surface area contributed by atoms with Crippen LogP contribution in [0.15, 0.2) is 60.8 Å². The Hall–Kier alpha value is -2.89. The Morgan fingerprint density at radius 1 is 0.318 bits per heavy atom. The van der Waals surface area contributed by atoms with Gasteiger partial charge in [-0.1, -0.05) is 223 Å². The summed E-state index contributed by atoms with van der Waals surface area (Å²) in [7, 11) is 0. The second-order valence-electron chi connectivity index (χ2n) is 18.8. The van der Waals surface area contributed by atoms with Crippen molar-refractivity contribution in [1.82, 2.24) is 0 Å². The van der Waals surface area contributed by atoms with Gasteiger partial charge in [0.05, 0.1) is 0 Å². The Labute approximate surface area is 409 Å². The van der Waals surface area contributed by atoms with Crippen molar-refractivity contribution in [1.29, 1.82) is 0 Å². The van der Waals surface area contributed by atoms with Crippen molar-refractivity contribution in [3.8, 4) is 0 Å². The highest BCUT2D eigenvalue weighted by Crippen LogP contribution is 2.15. The molecule has 6 nitrogen and oxygen atoms in total.